The zero-order valence-corrected chi connectivity index (χ0v) is 19.4. The van der Waals surface area contributed by atoms with E-state index >= 15 is 0 Å². The first-order chi connectivity index (χ1) is 15.7. The lowest BCUT2D eigenvalue weighted by Crippen LogP contribution is -2.36. The van der Waals surface area contributed by atoms with Gasteiger partial charge in [-0.3, -0.25) is 19.3 Å². The number of imide groups is 1. The number of aromatic nitrogens is 1. The molecule has 7 heteroatoms. The van der Waals surface area contributed by atoms with E-state index in [2.05, 4.69) is 0 Å². The number of nitrogens with zero attached hydrogens (tertiary/aromatic N) is 2. The number of benzene rings is 2. The Bertz CT molecular complexity index is 1250. The van der Waals surface area contributed by atoms with Crippen LogP contribution in [0.1, 0.15) is 47.2 Å². The Kier molecular flexibility index (Phi) is 6.08. The predicted octanol–water partition coefficient (Wildman–Crippen LogP) is 3.87. The fraction of sp³-hybridized carbons (Fsp3) is 0.346. The van der Waals surface area contributed by atoms with E-state index in [1.807, 2.05) is 39.0 Å². The summed E-state index contributed by atoms with van der Waals surface area (Å²) in [6.45, 7) is 7.06. The normalized spacial score (nSPS) is 13.6. The topological polar surface area (TPSA) is 77.8 Å². The molecule has 0 atom stereocenters. The third-order valence-corrected chi connectivity index (χ3v) is 5.59. The van der Waals surface area contributed by atoms with E-state index in [1.165, 1.54) is 4.90 Å². The van der Waals surface area contributed by atoms with Crippen molar-refractivity contribution in [3.8, 4) is 5.75 Å². The van der Waals surface area contributed by atoms with Crippen molar-refractivity contribution in [2.75, 3.05) is 20.3 Å². The van der Waals surface area contributed by atoms with Gasteiger partial charge in [-0.15, -0.1) is 0 Å². The molecule has 0 unspecified atom stereocenters. The summed E-state index contributed by atoms with van der Waals surface area (Å²) in [5.74, 6) is -0.259. The fourth-order valence-corrected chi connectivity index (χ4v) is 4.13. The largest absolute Gasteiger partial charge is 0.489 e. The van der Waals surface area contributed by atoms with Crippen molar-refractivity contribution >= 4 is 22.6 Å². The number of ether oxygens (including phenoxy) is 2. The summed E-state index contributed by atoms with van der Waals surface area (Å²) in [6, 6.07) is 14.0. The molecule has 1 aromatic heterocycles. The molecule has 1 aliphatic heterocycles. The summed E-state index contributed by atoms with van der Waals surface area (Å²) in [5.41, 5.74) is 0.836. The van der Waals surface area contributed by atoms with E-state index in [0.29, 0.717) is 46.5 Å². The SMILES string of the molecule is COCCOc1c(CN2C(=O)c3ccccc3C2=O)n(CC(C)(C)C)c(=O)c2ccccc12. The van der Waals surface area contributed by atoms with Crippen molar-refractivity contribution in [2.24, 2.45) is 5.41 Å². The van der Waals surface area contributed by atoms with Gasteiger partial charge >= 0.3 is 0 Å². The zero-order valence-electron chi connectivity index (χ0n) is 19.4. The second kappa shape index (κ2) is 8.83. The van der Waals surface area contributed by atoms with Crippen LogP contribution in [0.15, 0.2) is 53.3 Å². The molecule has 0 spiro atoms. The van der Waals surface area contributed by atoms with Gasteiger partial charge in [0, 0.05) is 19.0 Å². The standard InChI is InChI=1S/C26H28N2O5/c1-26(2,3)16-28-21(15-27-23(29)19-11-7-8-12-20(19)24(27)30)22(33-14-13-32-4)17-9-5-6-10-18(17)25(28)31/h5-12H,13-16H2,1-4H3. The summed E-state index contributed by atoms with van der Waals surface area (Å²) in [4.78, 5) is 40.9. The molecular formula is C26H28N2O5. The van der Waals surface area contributed by atoms with Crippen molar-refractivity contribution in [1.82, 2.24) is 9.47 Å². The van der Waals surface area contributed by atoms with E-state index in [-0.39, 0.29) is 35.9 Å². The van der Waals surface area contributed by atoms with Crippen LogP contribution in [0.2, 0.25) is 0 Å². The summed E-state index contributed by atoms with van der Waals surface area (Å²) < 4.78 is 12.9. The Labute approximate surface area is 192 Å². The van der Waals surface area contributed by atoms with E-state index in [1.54, 1.807) is 42.0 Å². The Morgan fingerprint density at radius 1 is 0.818 bits per heavy atom. The lowest BCUT2D eigenvalue weighted by Gasteiger charge is -2.27. The number of carbonyl (C=O) groups is 2. The van der Waals surface area contributed by atoms with Gasteiger partial charge in [-0.05, 0) is 23.6 Å². The third kappa shape index (κ3) is 4.28. The maximum Gasteiger partial charge on any atom is 0.261 e. The summed E-state index contributed by atoms with van der Waals surface area (Å²) >= 11 is 0. The highest BCUT2D eigenvalue weighted by Gasteiger charge is 2.37. The van der Waals surface area contributed by atoms with Crippen LogP contribution in [0.4, 0.5) is 0 Å². The molecule has 0 bridgehead atoms. The van der Waals surface area contributed by atoms with Gasteiger partial charge < -0.3 is 14.0 Å². The predicted molar refractivity (Wildman–Crippen MR) is 126 cm³/mol. The molecule has 172 valence electrons. The molecule has 4 rings (SSSR count). The fourth-order valence-electron chi connectivity index (χ4n) is 4.13. The third-order valence-electron chi connectivity index (χ3n) is 5.59. The smallest absolute Gasteiger partial charge is 0.261 e. The maximum absolute atomic E-state index is 13.6. The van der Waals surface area contributed by atoms with Crippen molar-refractivity contribution in [3.63, 3.8) is 0 Å². The second-order valence-electron chi connectivity index (χ2n) is 9.36. The molecule has 1 aliphatic rings. The lowest BCUT2D eigenvalue weighted by molar-refractivity contribution is 0.0635. The van der Waals surface area contributed by atoms with Crippen LogP contribution in [0.5, 0.6) is 5.75 Å². The van der Waals surface area contributed by atoms with Gasteiger partial charge in [-0.2, -0.15) is 0 Å². The summed E-state index contributed by atoms with van der Waals surface area (Å²) in [6.07, 6.45) is 0. The van der Waals surface area contributed by atoms with Crippen LogP contribution < -0.4 is 10.3 Å². The molecule has 0 fully saturated rings. The number of fused-ring (bicyclic) bond motifs is 2. The second-order valence-corrected chi connectivity index (χ2v) is 9.36. The van der Waals surface area contributed by atoms with E-state index in [9.17, 15) is 14.4 Å². The molecule has 0 saturated carbocycles. The van der Waals surface area contributed by atoms with Crippen molar-refractivity contribution < 1.29 is 19.1 Å². The quantitative estimate of drug-likeness (QED) is 0.405. The number of hydrogen-bond donors (Lipinski definition) is 0. The minimum atomic E-state index is -0.374. The van der Waals surface area contributed by atoms with Crippen LogP contribution in [0.3, 0.4) is 0 Å². The molecule has 3 aromatic rings. The van der Waals surface area contributed by atoms with Crippen LogP contribution in [0.25, 0.3) is 10.8 Å². The van der Waals surface area contributed by atoms with Gasteiger partial charge in [-0.1, -0.05) is 51.1 Å². The number of amides is 2. The number of carbonyl (C=O) groups excluding carboxylic acids is 2. The molecule has 0 N–H and O–H groups in total. The Morgan fingerprint density at radius 2 is 1.39 bits per heavy atom. The average Bonchev–Trinajstić information content (AvgIpc) is 3.02. The highest BCUT2D eigenvalue weighted by molar-refractivity contribution is 6.21. The molecule has 0 aliphatic carbocycles. The van der Waals surface area contributed by atoms with Crippen LogP contribution >= 0.6 is 0 Å². The van der Waals surface area contributed by atoms with Gasteiger partial charge in [0.25, 0.3) is 17.4 Å². The Hall–Kier alpha value is -3.45. The lowest BCUT2D eigenvalue weighted by atomic mass is 9.96. The first-order valence-corrected chi connectivity index (χ1v) is 10.9. The van der Waals surface area contributed by atoms with Crippen molar-refractivity contribution in [1.29, 1.82) is 0 Å². The molecule has 0 saturated heterocycles. The van der Waals surface area contributed by atoms with Crippen molar-refractivity contribution in [2.45, 2.75) is 33.9 Å². The minimum absolute atomic E-state index is 0.0647. The van der Waals surface area contributed by atoms with Gasteiger partial charge in [0.1, 0.15) is 12.4 Å². The first-order valence-electron chi connectivity index (χ1n) is 10.9. The maximum atomic E-state index is 13.6. The molecule has 2 heterocycles. The van der Waals surface area contributed by atoms with Gasteiger partial charge in [-0.25, -0.2) is 0 Å². The number of hydrogen-bond acceptors (Lipinski definition) is 5. The average molecular weight is 449 g/mol. The van der Waals surface area contributed by atoms with E-state index in [4.69, 9.17) is 9.47 Å². The highest BCUT2D eigenvalue weighted by Crippen LogP contribution is 2.33. The number of methoxy groups -OCH3 is 1. The first kappa shape index (κ1) is 22.7. The molecule has 33 heavy (non-hydrogen) atoms. The number of rotatable bonds is 7. The molecule has 0 radical (unpaired) electrons. The Morgan fingerprint density at radius 3 is 1.97 bits per heavy atom. The molecular weight excluding hydrogens is 420 g/mol. The zero-order chi connectivity index (χ0) is 23.8. The van der Waals surface area contributed by atoms with Gasteiger partial charge in [0.15, 0.2) is 0 Å². The molecule has 2 amide bonds. The molecule has 2 aromatic carbocycles. The van der Waals surface area contributed by atoms with E-state index < -0.39 is 0 Å². The monoisotopic (exact) mass is 448 g/mol. The molecule has 7 nitrogen and oxygen atoms in total. The van der Waals surface area contributed by atoms with Crippen LogP contribution in [-0.2, 0) is 17.8 Å². The van der Waals surface area contributed by atoms with Gasteiger partial charge in [0.2, 0.25) is 0 Å². The van der Waals surface area contributed by atoms with E-state index in [0.717, 1.165) is 0 Å². The number of pyridine rings is 1. The summed E-state index contributed by atoms with van der Waals surface area (Å²) in [5, 5.41) is 1.18. The van der Waals surface area contributed by atoms with Crippen LogP contribution in [-0.4, -0.2) is 41.6 Å². The van der Waals surface area contributed by atoms with Crippen molar-refractivity contribution in [3.05, 3.63) is 75.7 Å². The van der Waals surface area contributed by atoms with Crippen LogP contribution in [0, 0.1) is 5.41 Å². The highest BCUT2D eigenvalue weighted by atomic mass is 16.5. The van der Waals surface area contributed by atoms with Gasteiger partial charge in [0.05, 0.1) is 35.4 Å². The Balaban J connectivity index is 1.90. The summed E-state index contributed by atoms with van der Waals surface area (Å²) in [7, 11) is 1.59. The minimum Gasteiger partial charge on any atom is -0.489 e.